The lowest BCUT2D eigenvalue weighted by Crippen LogP contribution is -2.18. The Kier molecular flexibility index (Phi) is 4.18. The zero-order valence-corrected chi connectivity index (χ0v) is 11.2. The number of hydrogen-bond acceptors (Lipinski definition) is 4. The van der Waals surface area contributed by atoms with E-state index in [1.807, 2.05) is 11.8 Å². The third-order valence-corrected chi connectivity index (χ3v) is 4.34. The molecule has 0 saturated carbocycles. The minimum atomic E-state index is 0.702. The van der Waals surface area contributed by atoms with Gasteiger partial charge in [0.1, 0.15) is 0 Å². The topological polar surface area (TPSA) is 24.4 Å². The molecule has 1 N–H and O–H groups in total. The van der Waals surface area contributed by atoms with Crippen LogP contribution in [0.3, 0.4) is 0 Å². The van der Waals surface area contributed by atoms with Crippen molar-refractivity contribution in [2.45, 2.75) is 11.8 Å². The van der Waals surface area contributed by atoms with Crippen molar-refractivity contribution in [2.24, 2.45) is 10.9 Å². The molecule has 1 aliphatic heterocycles. The van der Waals surface area contributed by atoms with Crippen LogP contribution in [0.1, 0.15) is 6.92 Å². The van der Waals surface area contributed by atoms with E-state index in [0.29, 0.717) is 5.92 Å². The summed E-state index contributed by atoms with van der Waals surface area (Å²) in [6.07, 6.45) is 2.09. The first-order valence-electron chi connectivity index (χ1n) is 5.36. The van der Waals surface area contributed by atoms with E-state index >= 15 is 0 Å². The maximum Gasteiger partial charge on any atom is 0.161 e. The van der Waals surface area contributed by atoms with Gasteiger partial charge in [-0.1, -0.05) is 24.8 Å². The van der Waals surface area contributed by atoms with E-state index in [-0.39, 0.29) is 0 Å². The van der Waals surface area contributed by atoms with Crippen LogP contribution < -0.4 is 5.32 Å². The molecular weight excluding hydrogens is 236 g/mol. The highest BCUT2D eigenvalue weighted by atomic mass is 32.2. The molecule has 0 bridgehead atoms. The minimum absolute atomic E-state index is 0.702. The molecule has 0 amide bonds. The Morgan fingerprint density at radius 1 is 1.50 bits per heavy atom. The van der Waals surface area contributed by atoms with Crippen molar-refractivity contribution in [1.29, 1.82) is 0 Å². The van der Waals surface area contributed by atoms with Gasteiger partial charge in [-0.2, -0.15) is 0 Å². The normalized spacial score (nSPS) is 20.4. The Balaban J connectivity index is 2.03. The third-order valence-electron chi connectivity index (χ3n) is 2.37. The van der Waals surface area contributed by atoms with Gasteiger partial charge in [0.2, 0.25) is 0 Å². The zero-order valence-electron chi connectivity index (χ0n) is 9.56. The van der Waals surface area contributed by atoms with Crippen LogP contribution in [0.15, 0.2) is 34.2 Å². The molecular formula is C12H16N2S2. The molecule has 86 valence electrons. The van der Waals surface area contributed by atoms with Gasteiger partial charge in [-0.05, 0) is 30.4 Å². The molecule has 0 aromatic heterocycles. The Morgan fingerprint density at radius 2 is 2.38 bits per heavy atom. The number of nitrogens with zero attached hydrogens (tertiary/aromatic N) is 1. The fourth-order valence-corrected chi connectivity index (χ4v) is 2.82. The van der Waals surface area contributed by atoms with Crippen molar-refractivity contribution in [3.63, 3.8) is 0 Å². The van der Waals surface area contributed by atoms with Gasteiger partial charge in [0.25, 0.3) is 0 Å². The molecule has 1 unspecified atom stereocenters. The monoisotopic (exact) mass is 252 g/mol. The number of amidine groups is 1. The molecule has 1 aromatic carbocycles. The van der Waals surface area contributed by atoms with Crippen LogP contribution in [0.2, 0.25) is 0 Å². The molecule has 0 saturated heterocycles. The molecule has 1 aliphatic rings. The van der Waals surface area contributed by atoms with Crippen LogP contribution in [0.4, 0.5) is 5.69 Å². The van der Waals surface area contributed by atoms with Gasteiger partial charge in [-0.15, -0.1) is 11.8 Å². The van der Waals surface area contributed by atoms with E-state index in [4.69, 9.17) is 0 Å². The number of benzene rings is 1. The highest BCUT2D eigenvalue weighted by Gasteiger charge is 2.11. The average molecular weight is 252 g/mol. The number of aliphatic imine (C=N–C) groups is 1. The van der Waals surface area contributed by atoms with Crippen LogP contribution in [0.25, 0.3) is 0 Å². The molecule has 16 heavy (non-hydrogen) atoms. The number of hydrogen-bond donors (Lipinski definition) is 1. The summed E-state index contributed by atoms with van der Waals surface area (Å²) in [7, 11) is 0. The lowest BCUT2D eigenvalue weighted by Gasteiger charge is -2.18. The van der Waals surface area contributed by atoms with Gasteiger partial charge in [-0.3, -0.25) is 4.99 Å². The van der Waals surface area contributed by atoms with Crippen molar-refractivity contribution in [3.05, 3.63) is 24.3 Å². The van der Waals surface area contributed by atoms with Gasteiger partial charge in [-0.25, -0.2) is 0 Å². The SMILES string of the molecule is CSc1cccc(NC2=NCC(C)CS2)c1. The van der Waals surface area contributed by atoms with Gasteiger partial charge in [0.15, 0.2) is 5.17 Å². The van der Waals surface area contributed by atoms with E-state index in [0.717, 1.165) is 23.2 Å². The van der Waals surface area contributed by atoms with Crippen LogP contribution in [0.5, 0.6) is 0 Å². The molecule has 1 heterocycles. The summed E-state index contributed by atoms with van der Waals surface area (Å²) in [6.45, 7) is 3.18. The minimum Gasteiger partial charge on any atom is -0.335 e. The first kappa shape index (κ1) is 11.9. The zero-order chi connectivity index (χ0) is 11.4. The van der Waals surface area contributed by atoms with E-state index in [9.17, 15) is 0 Å². The van der Waals surface area contributed by atoms with Crippen molar-refractivity contribution in [3.8, 4) is 0 Å². The summed E-state index contributed by atoms with van der Waals surface area (Å²) in [5.41, 5.74) is 1.13. The summed E-state index contributed by atoms with van der Waals surface area (Å²) in [4.78, 5) is 5.80. The molecule has 0 radical (unpaired) electrons. The van der Waals surface area contributed by atoms with E-state index in [2.05, 4.69) is 47.8 Å². The predicted molar refractivity (Wildman–Crippen MR) is 75.8 cm³/mol. The van der Waals surface area contributed by atoms with E-state index in [1.165, 1.54) is 4.90 Å². The van der Waals surface area contributed by atoms with Crippen molar-refractivity contribution in [2.75, 3.05) is 23.9 Å². The van der Waals surface area contributed by atoms with Gasteiger partial charge < -0.3 is 5.32 Å². The fourth-order valence-electron chi connectivity index (χ4n) is 1.46. The van der Waals surface area contributed by atoms with Gasteiger partial charge in [0.05, 0.1) is 0 Å². The second-order valence-corrected chi connectivity index (χ2v) is 5.81. The average Bonchev–Trinajstić information content (AvgIpc) is 2.32. The molecule has 0 aliphatic carbocycles. The number of nitrogens with one attached hydrogen (secondary N) is 1. The number of thioether (sulfide) groups is 2. The Bertz CT molecular complexity index is 390. The Labute approximate surface area is 105 Å². The number of rotatable bonds is 2. The molecule has 0 fully saturated rings. The Morgan fingerprint density at radius 3 is 3.06 bits per heavy atom. The van der Waals surface area contributed by atoms with Crippen molar-refractivity contribution < 1.29 is 0 Å². The summed E-state index contributed by atoms with van der Waals surface area (Å²) in [6, 6.07) is 8.44. The molecule has 1 atom stereocenters. The summed E-state index contributed by atoms with van der Waals surface area (Å²) in [5.74, 6) is 1.86. The second kappa shape index (κ2) is 5.64. The van der Waals surface area contributed by atoms with Crippen LogP contribution >= 0.6 is 23.5 Å². The van der Waals surface area contributed by atoms with Crippen LogP contribution in [0, 0.1) is 5.92 Å². The van der Waals surface area contributed by atoms with E-state index < -0.39 is 0 Å². The quantitative estimate of drug-likeness (QED) is 0.815. The highest BCUT2D eigenvalue weighted by molar-refractivity contribution is 8.14. The largest absolute Gasteiger partial charge is 0.335 e. The molecule has 4 heteroatoms. The summed E-state index contributed by atoms with van der Waals surface area (Å²) < 4.78 is 0. The molecule has 2 rings (SSSR count). The first-order chi connectivity index (χ1) is 7.78. The van der Waals surface area contributed by atoms with Crippen LogP contribution in [-0.2, 0) is 0 Å². The molecule has 0 spiro atoms. The maximum atomic E-state index is 4.52. The van der Waals surface area contributed by atoms with Gasteiger partial charge in [0, 0.05) is 22.9 Å². The highest BCUT2D eigenvalue weighted by Crippen LogP contribution is 2.22. The van der Waals surface area contributed by atoms with Crippen molar-refractivity contribution >= 4 is 34.4 Å². The third kappa shape index (κ3) is 3.19. The van der Waals surface area contributed by atoms with Gasteiger partial charge >= 0.3 is 0 Å². The standard InChI is InChI=1S/C12H16N2S2/c1-9-7-13-12(16-8-9)14-10-4-3-5-11(6-10)15-2/h3-6,9H,7-8H2,1-2H3,(H,13,14). The molecule has 1 aromatic rings. The summed E-state index contributed by atoms with van der Waals surface area (Å²) >= 11 is 3.57. The van der Waals surface area contributed by atoms with E-state index in [1.54, 1.807) is 11.8 Å². The fraction of sp³-hybridized carbons (Fsp3) is 0.417. The molecule has 2 nitrogen and oxygen atoms in total. The second-order valence-electron chi connectivity index (χ2n) is 3.92. The smallest absolute Gasteiger partial charge is 0.161 e. The number of anilines is 1. The Hall–Kier alpha value is -0.610. The maximum absolute atomic E-state index is 4.52. The van der Waals surface area contributed by atoms with Crippen LogP contribution in [-0.4, -0.2) is 23.7 Å². The summed E-state index contributed by atoms with van der Waals surface area (Å²) in [5, 5.41) is 4.43. The first-order valence-corrected chi connectivity index (χ1v) is 7.57. The lowest BCUT2D eigenvalue weighted by atomic mass is 10.2. The lowest BCUT2D eigenvalue weighted by molar-refractivity contribution is 0.674. The van der Waals surface area contributed by atoms with Crippen molar-refractivity contribution in [1.82, 2.24) is 0 Å². The predicted octanol–water partition coefficient (Wildman–Crippen LogP) is 3.56.